The first kappa shape index (κ1) is 18.7. The fourth-order valence-corrected chi connectivity index (χ4v) is 3.46. The Morgan fingerprint density at radius 2 is 1.93 bits per heavy atom. The van der Waals surface area contributed by atoms with Crippen LogP contribution in [0.2, 0.25) is 0 Å². The van der Waals surface area contributed by atoms with Gasteiger partial charge in [0.05, 0.1) is 11.4 Å². The number of carbonyl (C=O) groups excluding carboxylic acids is 1. The van der Waals surface area contributed by atoms with Gasteiger partial charge in [0.15, 0.2) is 0 Å². The maximum atomic E-state index is 14.2. The van der Waals surface area contributed by atoms with E-state index in [0.29, 0.717) is 29.6 Å². The Labute approximate surface area is 166 Å². The predicted octanol–water partition coefficient (Wildman–Crippen LogP) is 3.10. The summed E-state index contributed by atoms with van der Waals surface area (Å²) in [6.07, 6.45) is 6.03. The van der Waals surface area contributed by atoms with Gasteiger partial charge in [-0.15, -0.1) is 10.2 Å². The summed E-state index contributed by atoms with van der Waals surface area (Å²) in [5.41, 5.74) is 6.67. The van der Waals surface area contributed by atoms with Crippen molar-refractivity contribution in [2.75, 3.05) is 17.2 Å². The van der Waals surface area contributed by atoms with Gasteiger partial charge in [-0.05, 0) is 49.2 Å². The molecule has 0 saturated heterocycles. The maximum absolute atomic E-state index is 14.2. The van der Waals surface area contributed by atoms with Crippen molar-refractivity contribution in [1.82, 2.24) is 20.2 Å². The van der Waals surface area contributed by atoms with Crippen LogP contribution in [0.25, 0.3) is 11.3 Å². The lowest BCUT2D eigenvalue weighted by atomic mass is 9.66. The first-order valence-electron chi connectivity index (χ1n) is 9.27. The van der Waals surface area contributed by atoms with Crippen molar-refractivity contribution in [2.45, 2.75) is 24.7 Å². The van der Waals surface area contributed by atoms with E-state index in [-0.39, 0.29) is 11.2 Å². The van der Waals surface area contributed by atoms with E-state index in [1.807, 2.05) is 12.1 Å². The zero-order valence-electron chi connectivity index (χ0n) is 15.6. The van der Waals surface area contributed by atoms with Crippen molar-refractivity contribution < 1.29 is 9.18 Å². The first-order chi connectivity index (χ1) is 14.1. The van der Waals surface area contributed by atoms with Gasteiger partial charge in [-0.1, -0.05) is 6.42 Å². The number of hydrogen-bond acceptors (Lipinski definition) is 6. The number of pyridine rings is 2. The number of nitrogens with one attached hydrogen (secondary N) is 2. The third kappa shape index (κ3) is 3.98. The van der Waals surface area contributed by atoms with Crippen LogP contribution in [0.5, 0.6) is 0 Å². The van der Waals surface area contributed by atoms with Crippen LogP contribution in [-0.4, -0.2) is 32.7 Å². The van der Waals surface area contributed by atoms with E-state index in [9.17, 15) is 9.18 Å². The van der Waals surface area contributed by atoms with Gasteiger partial charge in [-0.25, -0.2) is 14.2 Å². The molecule has 8 nitrogen and oxygen atoms in total. The summed E-state index contributed by atoms with van der Waals surface area (Å²) < 4.78 is 14.2. The molecule has 1 fully saturated rings. The molecule has 148 valence electrons. The van der Waals surface area contributed by atoms with E-state index in [0.717, 1.165) is 24.8 Å². The largest absolute Gasteiger partial charge is 0.368 e. The normalized spacial score (nSPS) is 14.7. The van der Waals surface area contributed by atoms with E-state index in [1.165, 1.54) is 6.07 Å². The summed E-state index contributed by atoms with van der Waals surface area (Å²) >= 11 is 0. The van der Waals surface area contributed by atoms with Crippen molar-refractivity contribution in [1.29, 1.82) is 0 Å². The van der Waals surface area contributed by atoms with E-state index >= 15 is 0 Å². The topological polar surface area (TPSA) is 119 Å². The summed E-state index contributed by atoms with van der Waals surface area (Å²) in [7, 11) is 0. The zero-order valence-corrected chi connectivity index (χ0v) is 15.6. The first-order valence-corrected chi connectivity index (χ1v) is 9.27. The van der Waals surface area contributed by atoms with Gasteiger partial charge in [-0.2, -0.15) is 0 Å². The van der Waals surface area contributed by atoms with Gasteiger partial charge < -0.3 is 11.1 Å². The number of hydrogen-bond donors (Lipinski definition) is 3. The summed E-state index contributed by atoms with van der Waals surface area (Å²) in [5.74, 6) is 0.702. The van der Waals surface area contributed by atoms with Crippen LogP contribution in [0.4, 0.5) is 20.8 Å². The van der Waals surface area contributed by atoms with Gasteiger partial charge in [0.2, 0.25) is 0 Å². The number of aromatic nitrogens is 4. The quantitative estimate of drug-likeness (QED) is 0.592. The number of anilines is 2. The molecule has 3 aromatic rings. The molecule has 9 heteroatoms. The van der Waals surface area contributed by atoms with Gasteiger partial charge >= 0.3 is 6.03 Å². The zero-order chi connectivity index (χ0) is 20.3. The Kier molecular flexibility index (Phi) is 5.03. The van der Waals surface area contributed by atoms with Crippen LogP contribution >= 0.6 is 0 Å². The molecule has 3 aromatic heterocycles. The smallest absolute Gasteiger partial charge is 0.317 e. The lowest BCUT2D eigenvalue weighted by Gasteiger charge is -2.41. The Morgan fingerprint density at radius 3 is 2.52 bits per heavy atom. The highest BCUT2D eigenvalue weighted by atomic mass is 19.1. The lowest BCUT2D eigenvalue weighted by molar-refractivity contribution is 0.243. The third-order valence-corrected chi connectivity index (χ3v) is 5.15. The molecule has 0 bridgehead atoms. The molecule has 0 spiro atoms. The number of primary amides is 1. The van der Waals surface area contributed by atoms with Crippen LogP contribution in [0, 0.1) is 5.82 Å². The molecule has 0 unspecified atom stereocenters. The minimum atomic E-state index is -0.671. The Balaban J connectivity index is 1.43. The van der Waals surface area contributed by atoms with E-state index < -0.39 is 6.03 Å². The third-order valence-electron chi connectivity index (χ3n) is 5.15. The minimum absolute atomic E-state index is 0.266. The predicted molar refractivity (Wildman–Crippen MR) is 107 cm³/mol. The van der Waals surface area contributed by atoms with Crippen LogP contribution in [0.3, 0.4) is 0 Å². The van der Waals surface area contributed by atoms with Crippen LogP contribution < -0.4 is 16.4 Å². The van der Waals surface area contributed by atoms with E-state index in [4.69, 9.17) is 5.73 Å². The highest BCUT2D eigenvalue weighted by Crippen LogP contribution is 2.43. The number of nitrogens with zero attached hydrogens (tertiary/aromatic N) is 4. The molecule has 29 heavy (non-hydrogen) atoms. The van der Waals surface area contributed by atoms with Crippen LogP contribution in [0.15, 0.2) is 48.8 Å². The summed E-state index contributed by atoms with van der Waals surface area (Å²) in [4.78, 5) is 19.2. The standard InChI is InChI=1S/C20H20FN7O/c21-14-3-1-10-23-18(14)20(8-2-9-20)12-25-17-7-5-15(27-28-17)13-4-6-16(24-11-13)26-19(22)29/h1,3-7,10-11H,2,8-9,12H2,(H,25,28)(H3,22,24,26,29). The molecule has 4 N–H and O–H groups in total. The van der Waals surface area contributed by atoms with E-state index in [2.05, 4.69) is 30.8 Å². The van der Waals surface area contributed by atoms with Crippen molar-refractivity contribution in [3.8, 4) is 11.3 Å². The molecule has 3 heterocycles. The molecule has 2 amide bonds. The number of amides is 2. The number of urea groups is 1. The van der Waals surface area contributed by atoms with Crippen molar-refractivity contribution in [3.05, 3.63) is 60.3 Å². The molecule has 0 atom stereocenters. The lowest BCUT2D eigenvalue weighted by Crippen LogP contribution is -2.42. The highest BCUT2D eigenvalue weighted by molar-refractivity contribution is 5.86. The SMILES string of the molecule is NC(=O)Nc1ccc(-c2ccc(NCC3(c4ncccc4F)CCC3)nn2)cn1. The number of nitrogens with two attached hydrogens (primary N) is 1. The molecule has 1 saturated carbocycles. The van der Waals surface area contributed by atoms with Crippen molar-refractivity contribution >= 4 is 17.7 Å². The number of halogens is 1. The molecule has 4 rings (SSSR count). The minimum Gasteiger partial charge on any atom is -0.368 e. The second-order valence-corrected chi connectivity index (χ2v) is 7.05. The Hall–Kier alpha value is -3.62. The summed E-state index contributed by atoms with van der Waals surface area (Å²) in [6, 6.07) is 9.43. The highest BCUT2D eigenvalue weighted by Gasteiger charge is 2.41. The molecule has 1 aliphatic rings. The fraction of sp³-hybridized carbons (Fsp3) is 0.250. The van der Waals surface area contributed by atoms with Crippen molar-refractivity contribution in [2.24, 2.45) is 5.73 Å². The average molecular weight is 393 g/mol. The average Bonchev–Trinajstić information content (AvgIpc) is 2.69. The number of rotatable bonds is 6. The maximum Gasteiger partial charge on any atom is 0.317 e. The summed E-state index contributed by atoms with van der Waals surface area (Å²) in [6.45, 7) is 0.546. The second-order valence-electron chi connectivity index (χ2n) is 7.05. The van der Waals surface area contributed by atoms with E-state index in [1.54, 1.807) is 30.6 Å². The monoisotopic (exact) mass is 393 g/mol. The molecular weight excluding hydrogens is 373 g/mol. The molecule has 0 radical (unpaired) electrons. The van der Waals surface area contributed by atoms with Gasteiger partial charge in [0, 0.05) is 29.9 Å². The van der Waals surface area contributed by atoms with Gasteiger partial charge in [0.1, 0.15) is 17.5 Å². The number of carbonyl (C=O) groups is 1. The summed E-state index contributed by atoms with van der Waals surface area (Å²) in [5, 5.41) is 14.1. The van der Waals surface area contributed by atoms with Crippen molar-refractivity contribution in [3.63, 3.8) is 0 Å². The van der Waals surface area contributed by atoms with Crippen LogP contribution in [-0.2, 0) is 5.41 Å². The fourth-order valence-electron chi connectivity index (χ4n) is 3.46. The molecular formula is C20H20FN7O. The Morgan fingerprint density at radius 1 is 1.10 bits per heavy atom. The second kappa shape index (κ2) is 7.78. The van der Waals surface area contributed by atoms with Gasteiger partial charge in [0.25, 0.3) is 0 Å². The molecule has 0 aromatic carbocycles. The van der Waals surface area contributed by atoms with Gasteiger partial charge in [-0.3, -0.25) is 10.3 Å². The Bertz CT molecular complexity index is 1000. The molecule has 0 aliphatic heterocycles. The molecule has 1 aliphatic carbocycles. The van der Waals surface area contributed by atoms with Crippen LogP contribution in [0.1, 0.15) is 25.0 Å².